The number of nitrogens with one attached hydrogen (secondary N) is 1. The van der Waals surface area contributed by atoms with Gasteiger partial charge in [-0.3, -0.25) is 4.68 Å². The Labute approximate surface area is 98.2 Å². The normalized spacial score (nSPS) is 20.8. The molecule has 1 fully saturated rings. The number of aromatic nitrogens is 2. The highest BCUT2D eigenvalue weighted by atomic mass is 15.3. The third-order valence-electron chi connectivity index (χ3n) is 3.64. The van der Waals surface area contributed by atoms with E-state index in [2.05, 4.69) is 36.1 Å². The van der Waals surface area contributed by atoms with Gasteiger partial charge in [-0.05, 0) is 50.8 Å². The molecule has 16 heavy (non-hydrogen) atoms. The SMILES string of the molecule is CCC(CC)n1ccc(CC2CCNC2)n1. The molecule has 1 aliphatic heterocycles. The van der Waals surface area contributed by atoms with Gasteiger partial charge >= 0.3 is 0 Å². The van der Waals surface area contributed by atoms with Gasteiger partial charge in [-0.2, -0.15) is 5.10 Å². The summed E-state index contributed by atoms with van der Waals surface area (Å²) in [7, 11) is 0. The molecule has 1 aliphatic rings. The molecule has 90 valence electrons. The molecule has 1 atom stereocenters. The molecule has 2 heterocycles. The summed E-state index contributed by atoms with van der Waals surface area (Å²) < 4.78 is 2.15. The van der Waals surface area contributed by atoms with Crippen LogP contribution in [0.15, 0.2) is 12.3 Å². The second-order valence-electron chi connectivity index (χ2n) is 4.82. The highest BCUT2D eigenvalue weighted by molar-refractivity contribution is 5.02. The maximum atomic E-state index is 4.70. The van der Waals surface area contributed by atoms with Crippen LogP contribution < -0.4 is 5.32 Å². The van der Waals surface area contributed by atoms with Gasteiger partial charge < -0.3 is 5.32 Å². The fourth-order valence-electron chi connectivity index (χ4n) is 2.54. The van der Waals surface area contributed by atoms with Gasteiger partial charge in [0.2, 0.25) is 0 Å². The molecule has 1 unspecified atom stereocenters. The predicted molar refractivity (Wildman–Crippen MR) is 66.5 cm³/mol. The summed E-state index contributed by atoms with van der Waals surface area (Å²) in [6.07, 6.45) is 6.93. The first-order valence-electron chi connectivity index (χ1n) is 6.58. The highest BCUT2D eigenvalue weighted by Crippen LogP contribution is 2.17. The van der Waals surface area contributed by atoms with Crippen LogP contribution in [0, 0.1) is 5.92 Å². The van der Waals surface area contributed by atoms with Gasteiger partial charge in [0.05, 0.1) is 11.7 Å². The van der Waals surface area contributed by atoms with E-state index in [0.29, 0.717) is 6.04 Å². The van der Waals surface area contributed by atoms with Crippen molar-refractivity contribution in [2.45, 2.75) is 45.6 Å². The lowest BCUT2D eigenvalue weighted by molar-refractivity contribution is 0.422. The first kappa shape index (κ1) is 11.6. The quantitative estimate of drug-likeness (QED) is 0.827. The molecule has 0 radical (unpaired) electrons. The average Bonchev–Trinajstić information content (AvgIpc) is 2.93. The molecular weight excluding hydrogens is 198 g/mol. The van der Waals surface area contributed by atoms with Crippen LogP contribution in [-0.4, -0.2) is 22.9 Å². The summed E-state index contributed by atoms with van der Waals surface area (Å²) in [6, 6.07) is 2.77. The van der Waals surface area contributed by atoms with Gasteiger partial charge in [-0.25, -0.2) is 0 Å². The highest BCUT2D eigenvalue weighted by Gasteiger charge is 2.16. The molecular formula is C13H23N3. The van der Waals surface area contributed by atoms with E-state index < -0.39 is 0 Å². The zero-order valence-corrected chi connectivity index (χ0v) is 10.4. The molecule has 0 aliphatic carbocycles. The lowest BCUT2D eigenvalue weighted by Crippen LogP contribution is -2.12. The van der Waals surface area contributed by atoms with Crippen LogP contribution in [0.5, 0.6) is 0 Å². The van der Waals surface area contributed by atoms with Gasteiger partial charge in [-0.15, -0.1) is 0 Å². The van der Waals surface area contributed by atoms with E-state index in [1.54, 1.807) is 0 Å². The van der Waals surface area contributed by atoms with Crippen molar-refractivity contribution >= 4 is 0 Å². The zero-order valence-electron chi connectivity index (χ0n) is 10.4. The van der Waals surface area contributed by atoms with Crippen LogP contribution in [0.4, 0.5) is 0 Å². The Morgan fingerprint density at radius 1 is 1.50 bits per heavy atom. The monoisotopic (exact) mass is 221 g/mol. The molecule has 3 heteroatoms. The summed E-state index contributed by atoms with van der Waals surface area (Å²) in [4.78, 5) is 0. The van der Waals surface area contributed by atoms with Crippen molar-refractivity contribution in [3.05, 3.63) is 18.0 Å². The molecule has 3 nitrogen and oxygen atoms in total. The Hall–Kier alpha value is -0.830. The van der Waals surface area contributed by atoms with E-state index in [-0.39, 0.29) is 0 Å². The van der Waals surface area contributed by atoms with Crippen molar-refractivity contribution in [3.63, 3.8) is 0 Å². The molecule has 0 amide bonds. The molecule has 0 saturated carbocycles. The van der Waals surface area contributed by atoms with Crippen LogP contribution in [0.2, 0.25) is 0 Å². The van der Waals surface area contributed by atoms with E-state index in [0.717, 1.165) is 18.9 Å². The first-order valence-corrected chi connectivity index (χ1v) is 6.58. The van der Waals surface area contributed by atoms with Crippen molar-refractivity contribution in [2.75, 3.05) is 13.1 Å². The molecule has 0 spiro atoms. The standard InChI is InChI=1S/C13H23N3/c1-3-13(4-2)16-8-6-12(15-16)9-11-5-7-14-10-11/h6,8,11,13-14H,3-5,7,9-10H2,1-2H3. The second-order valence-corrected chi connectivity index (χ2v) is 4.82. The van der Waals surface area contributed by atoms with Crippen LogP contribution in [-0.2, 0) is 6.42 Å². The summed E-state index contributed by atoms with van der Waals surface area (Å²) >= 11 is 0. The zero-order chi connectivity index (χ0) is 11.4. The van der Waals surface area contributed by atoms with Crippen LogP contribution >= 0.6 is 0 Å². The van der Waals surface area contributed by atoms with Crippen LogP contribution in [0.25, 0.3) is 0 Å². The minimum Gasteiger partial charge on any atom is -0.316 e. The van der Waals surface area contributed by atoms with Gasteiger partial charge in [-0.1, -0.05) is 13.8 Å². The van der Waals surface area contributed by atoms with E-state index in [1.807, 2.05) is 0 Å². The second kappa shape index (κ2) is 5.48. The summed E-state index contributed by atoms with van der Waals surface area (Å²) in [5, 5.41) is 8.11. The fourth-order valence-corrected chi connectivity index (χ4v) is 2.54. The molecule has 1 aromatic heterocycles. The van der Waals surface area contributed by atoms with E-state index in [4.69, 9.17) is 5.10 Å². The van der Waals surface area contributed by atoms with Gasteiger partial charge in [0.15, 0.2) is 0 Å². The minimum atomic E-state index is 0.579. The Morgan fingerprint density at radius 2 is 2.31 bits per heavy atom. The molecule has 1 N–H and O–H groups in total. The lowest BCUT2D eigenvalue weighted by Gasteiger charge is -2.12. The Kier molecular flexibility index (Phi) is 3.99. The van der Waals surface area contributed by atoms with Crippen LogP contribution in [0.1, 0.15) is 44.8 Å². The fraction of sp³-hybridized carbons (Fsp3) is 0.769. The first-order chi connectivity index (χ1) is 7.83. The topological polar surface area (TPSA) is 29.9 Å². The molecule has 2 rings (SSSR count). The largest absolute Gasteiger partial charge is 0.316 e. The van der Waals surface area contributed by atoms with Crippen molar-refractivity contribution in [1.29, 1.82) is 0 Å². The third-order valence-corrected chi connectivity index (χ3v) is 3.64. The molecule has 1 aromatic rings. The summed E-state index contributed by atoms with van der Waals surface area (Å²) in [6.45, 7) is 6.81. The van der Waals surface area contributed by atoms with E-state index in [9.17, 15) is 0 Å². The maximum Gasteiger partial charge on any atom is 0.0628 e. The Bertz CT molecular complexity index is 309. The maximum absolute atomic E-state index is 4.70. The van der Waals surface area contributed by atoms with Crippen LogP contribution in [0.3, 0.4) is 0 Å². The van der Waals surface area contributed by atoms with E-state index >= 15 is 0 Å². The predicted octanol–water partition coefficient (Wildman–Crippen LogP) is 2.40. The van der Waals surface area contributed by atoms with Gasteiger partial charge in [0.1, 0.15) is 0 Å². The molecule has 0 bridgehead atoms. The average molecular weight is 221 g/mol. The molecule has 1 saturated heterocycles. The molecule has 0 aromatic carbocycles. The van der Waals surface area contributed by atoms with Crippen molar-refractivity contribution in [2.24, 2.45) is 5.92 Å². The van der Waals surface area contributed by atoms with Crippen molar-refractivity contribution in [3.8, 4) is 0 Å². The number of nitrogens with zero attached hydrogens (tertiary/aromatic N) is 2. The lowest BCUT2D eigenvalue weighted by atomic mass is 10.0. The Morgan fingerprint density at radius 3 is 2.94 bits per heavy atom. The van der Waals surface area contributed by atoms with Gasteiger partial charge in [0.25, 0.3) is 0 Å². The summed E-state index contributed by atoms with van der Waals surface area (Å²) in [5.41, 5.74) is 1.26. The Balaban J connectivity index is 1.95. The van der Waals surface area contributed by atoms with Gasteiger partial charge in [0, 0.05) is 6.20 Å². The number of hydrogen-bond acceptors (Lipinski definition) is 2. The minimum absolute atomic E-state index is 0.579. The number of rotatable bonds is 5. The third kappa shape index (κ3) is 2.64. The van der Waals surface area contributed by atoms with Crippen molar-refractivity contribution < 1.29 is 0 Å². The van der Waals surface area contributed by atoms with E-state index in [1.165, 1.54) is 31.5 Å². The summed E-state index contributed by atoms with van der Waals surface area (Å²) in [5.74, 6) is 0.796. The van der Waals surface area contributed by atoms with Crippen molar-refractivity contribution in [1.82, 2.24) is 15.1 Å². The smallest absolute Gasteiger partial charge is 0.0628 e. The number of hydrogen-bond donors (Lipinski definition) is 1.